The van der Waals surface area contributed by atoms with Gasteiger partial charge >= 0.3 is 0 Å². The summed E-state index contributed by atoms with van der Waals surface area (Å²) in [7, 11) is 0. The zero-order valence-corrected chi connectivity index (χ0v) is 46.9. The number of phenols is 1. The highest BCUT2D eigenvalue weighted by molar-refractivity contribution is 5.97. The lowest BCUT2D eigenvalue weighted by atomic mass is 9.68. The van der Waals surface area contributed by atoms with E-state index < -0.39 is 6.85 Å². The lowest BCUT2D eigenvalue weighted by Crippen LogP contribution is -2.25. The van der Waals surface area contributed by atoms with Gasteiger partial charge in [-0.25, -0.2) is 4.98 Å². The summed E-state index contributed by atoms with van der Waals surface area (Å²) in [6.45, 7) is 33.1. The first kappa shape index (κ1) is 49.0. The highest BCUT2D eigenvalue weighted by atomic mass is 16.3. The summed E-state index contributed by atoms with van der Waals surface area (Å²) >= 11 is 0. The number of benzene rings is 6. The van der Waals surface area contributed by atoms with Gasteiger partial charge in [-0.3, -0.25) is 9.55 Å². The third-order valence-electron chi connectivity index (χ3n) is 16.6. The molecule has 0 aliphatic heterocycles. The van der Waals surface area contributed by atoms with E-state index in [1.807, 2.05) is 35.0 Å². The summed E-state index contributed by atoms with van der Waals surface area (Å²) in [4.78, 5) is 10.6. The van der Waals surface area contributed by atoms with Gasteiger partial charge in [0.25, 0.3) is 0 Å². The molecule has 0 spiro atoms. The number of nitrogens with zero attached hydrogens (tertiary/aromatic N) is 3. The van der Waals surface area contributed by atoms with Crippen molar-refractivity contribution in [2.24, 2.45) is 0 Å². The van der Waals surface area contributed by atoms with Crippen molar-refractivity contribution in [1.29, 1.82) is 0 Å². The van der Waals surface area contributed by atoms with E-state index in [0.717, 1.165) is 92.5 Å². The molecule has 380 valence electrons. The predicted molar refractivity (Wildman–Crippen MR) is 314 cm³/mol. The molecule has 73 heavy (non-hydrogen) atoms. The Kier molecular flexibility index (Phi) is 13.6. The highest BCUT2D eigenvalue weighted by Crippen LogP contribution is 2.48. The van der Waals surface area contributed by atoms with Crippen LogP contribution in [0.15, 0.2) is 128 Å². The molecule has 4 heteroatoms. The van der Waals surface area contributed by atoms with Gasteiger partial charge in [-0.15, -0.1) is 0 Å². The average molecular weight is 973 g/mol. The number of rotatable bonds is 14. The van der Waals surface area contributed by atoms with Gasteiger partial charge in [0, 0.05) is 21.4 Å². The highest BCUT2D eigenvalue weighted by Gasteiger charge is 2.33. The van der Waals surface area contributed by atoms with Crippen LogP contribution in [0.4, 0.5) is 0 Å². The van der Waals surface area contributed by atoms with Gasteiger partial charge < -0.3 is 5.11 Å². The number of hydrogen-bond acceptors (Lipinski definition) is 3. The van der Waals surface area contributed by atoms with E-state index in [0.29, 0.717) is 22.6 Å². The quantitative estimate of drug-likeness (QED) is 0.118. The minimum Gasteiger partial charge on any atom is -0.507 e. The maximum Gasteiger partial charge on any atom is 0.149 e. The number of phenolic OH excluding ortho intramolecular Hbond substituents is 1. The fraction of sp³-hybridized carbons (Fsp3) is 0.391. The molecule has 8 rings (SSSR count). The van der Waals surface area contributed by atoms with Crippen LogP contribution in [0.2, 0.25) is 0 Å². The monoisotopic (exact) mass is 973 g/mol. The molecule has 2 heterocycles. The van der Waals surface area contributed by atoms with Crippen molar-refractivity contribution in [2.75, 3.05) is 0 Å². The van der Waals surface area contributed by atoms with E-state index >= 15 is 0 Å². The molecule has 0 unspecified atom stereocenters. The molecule has 0 saturated carbocycles. The Morgan fingerprint density at radius 3 is 1.74 bits per heavy atom. The number of aromatic hydroxyl groups is 1. The fourth-order valence-corrected chi connectivity index (χ4v) is 10.7. The topological polar surface area (TPSA) is 50.9 Å². The van der Waals surface area contributed by atoms with Crippen molar-refractivity contribution in [1.82, 2.24) is 14.5 Å². The standard InChI is InChI=1S/C69H83N3O/c1-18-68(16,19-2)57-25-23-26-58(69(17,20-3)21-4)62(57)48-30-33-60(45(9)36-48)72-61-27-22-24-54(63(61)71-65(72)56-41-49(43(5)6)40-55(44(7)8)64(56)73)50-37-51(39-53(38-50)67(13,14)15)59-42-47(34-35-70-59)46-28-31-52(32-29-46)66(10,11)12/h22-44,73H,18-21H2,1-17H3/i9D3. The maximum absolute atomic E-state index is 12.5. The van der Waals surface area contributed by atoms with Crippen molar-refractivity contribution >= 4 is 11.0 Å². The minimum atomic E-state index is -2.53. The van der Waals surface area contributed by atoms with Gasteiger partial charge in [-0.05, 0) is 181 Å². The molecule has 1 N–H and O–H groups in total. The first-order valence-electron chi connectivity index (χ1n) is 28.6. The zero-order chi connectivity index (χ0) is 55.4. The van der Waals surface area contributed by atoms with Gasteiger partial charge in [0.1, 0.15) is 11.6 Å². The summed E-state index contributed by atoms with van der Waals surface area (Å²) in [5, 5.41) is 12.5. The second kappa shape index (κ2) is 20.2. The van der Waals surface area contributed by atoms with Crippen LogP contribution in [0.1, 0.15) is 191 Å². The Balaban J connectivity index is 1.44. The van der Waals surface area contributed by atoms with Gasteiger partial charge in [0.2, 0.25) is 0 Å². The van der Waals surface area contributed by atoms with Crippen LogP contribution in [0, 0.1) is 6.85 Å². The number of aryl methyl sites for hydroxylation is 1. The van der Waals surface area contributed by atoms with Crippen LogP contribution in [0.5, 0.6) is 5.75 Å². The molecule has 6 aromatic carbocycles. The molecule has 0 saturated heterocycles. The summed E-state index contributed by atoms with van der Waals surface area (Å²) in [6, 6.07) is 43.0. The van der Waals surface area contributed by atoms with Crippen molar-refractivity contribution in [2.45, 2.75) is 177 Å². The normalized spacial score (nSPS) is 13.5. The Hall–Kier alpha value is -6.26. The Morgan fingerprint density at radius 1 is 0.562 bits per heavy atom. The number of fused-ring (bicyclic) bond motifs is 1. The smallest absolute Gasteiger partial charge is 0.149 e. The largest absolute Gasteiger partial charge is 0.507 e. The molecule has 0 atom stereocenters. The van der Waals surface area contributed by atoms with Crippen LogP contribution >= 0.6 is 0 Å². The van der Waals surface area contributed by atoms with Crippen molar-refractivity contribution in [3.63, 3.8) is 0 Å². The first-order valence-corrected chi connectivity index (χ1v) is 27.1. The second-order valence-electron chi connectivity index (χ2n) is 24.1. The molecule has 4 nitrogen and oxygen atoms in total. The van der Waals surface area contributed by atoms with Gasteiger partial charge in [-0.1, -0.05) is 184 Å². The Morgan fingerprint density at radius 2 is 1.16 bits per heavy atom. The summed E-state index contributed by atoms with van der Waals surface area (Å²) in [6.07, 6.45) is 5.67. The van der Waals surface area contributed by atoms with E-state index in [9.17, 15) is 9.22 Å². The van der Waals surface area contributed by atoms with E-state index in [2.05, 4.69) is 208 Å². The molecule has 0 aliphatic rings. The number of para-hydroxylation sites is 1. The Bertz CT molecular complexity index is 3370. The van der Waals surface area contributed by atoms with Crippen molar-refractivity contribution in [3.05, 3.63) is 166 Å². The van der Waals surface area contributed by atoms with Crippen LogP contribution in [0.3, 0.4) is 0 Å². The van der Waals surface area contributed by atoms with Crippen molar-refractivity contribution < 1.29 is 9.22 Å². The third kappa shape index (κ3) is 10.1. The number of imidazole rings is 1. The third-order valence-corrected chi connectivity index (χ3v) is 16.6. The van der Waals surface area contributed by atoms with E-state index in [1.54, 1.807) is 0 Å². The molecule has 0 bridgehead atoms. The predicted octanol–water partition coefficient (Wildman–Crippen LogP) is 19.8. The molecule has 8 aromatic rings. The SMILES string of the molecule is [2H]C([2H])([2H])c1cc(-c2c(C(C)(CC)CC)cccc2C(C)(CC)CC)ccc1-n1c(-c2cc(C(C)C)cc(C(C)C)c2O)nc2c(-c3cc(-c4cc(-c5ccc(C(C)(C)C)cc5)ccn4)cc(C(C)(C)C)c3)cccc21. The minimum absolute atomic E-state index is 0.0136. The molecule has 0 amide bonds. The summed E-state index contributed by atoms with van der Waals surface area (Å²) in [5.41, 5.74) is 17.1. The first-order chi connectivity index (χ1) is 35.7. The molecule has 0 radical (unpaired) electrons. The van der Waals surface area contributed by atoms with Crippen LogP contribution in [0.25, 0.3) is 72.7 Å². The zero-order valence-electron chi connectivity index (χ0n) is 49.9. The van der Waals surface area contributed by atoms with Crippen LogP contribution in [-0.2, 0) is 21.7 Å². The fourth-order valence-electron chi connectivity index (χ4n) is 10.7. The number of aromatic nitrogens is 3. The summed E-state index contributed by atoms with van der Waals surface area (Å²) < 4.78 is 30.2. The van der Waals surface area contributed by atoms with Gasteiger partial charge in [-0.2, -0.15) is 0 Å². The van der Waals surface area contributed by atoms with E-state index in [1.165, 1.54) is 16.7 Å². The number of hydrogen-bond donors (Lipinski definition) is 1. The molecular weight excluding hydrogens is 887 g/mol. The average Bonchev–Trinajstić information content (AvgIpc) is 3.79. The van der Waals surface area contributed by atoms with Gasteiger partial charge in [0.05, 0.1) is 28.0 Å². The van der Waals surface area contributed by atoms with Crippen LogP contribution < -0.4 is 0 Å². The molecule has 2 aromatic heterocycles. The Labute approximate surface area is 443 Å². The lowest BCUT2D eigenvalue weighted by Gasteiger charge is -2.36. The van der Waals surface area contributed by atoms with E-state index in [4.69, 9.17) is 9.97 Å². The second-order valence-corrected chi connectivity index (χ2v) is 24.1. The molecule has 0 fully saturated rings. The number of pyridine rings is 1. The lowest BCUT2D eigenvalue weighted by molar-refractivity contribution is 0.426. The molecular formula is C69H83N3O. The van der Waals surface area contributed by atoms with Gasteiger partial charge in [0.15, 0.2) is 0 Å². The summed E-state index contributed by atoms with van der Waals surface area (Å²) in [5.74, 6) is 0.798. The maximum atomic E-state index is 12.5. The van der Waals surface area contributed by atoms with Crippen LogP contribution in [-0.4, -0.2) is 19.6 Å². The van der Waals surface area contributed by atoms with E-state index in [-0.39, 0.29) is 44.8 Å². The molecule has 0 aliphatic carbocycles. The van der Waals surface area contributed by atoms with Crippen molar-refractivity contribution in [3.8, 4) is 67.5 Å².